The van der Waals surface area contributed by atoms with E-state index in [1.54, 1.807) is 40.6 Å². The number of hydrogen-bond acceptors (Lipinski definition) is 10. The molecule has 0 saturated carbocycles. The van der Waals surface area contributed by atoms with Gasteiger partial charge in [0.25, 0.3) is 11.5 Å². The average molecular weight is 638 g/mol. The van der Waals surface area contributed by atoms with Gasteiger partial charge in [-0.3, -0.25) is 14.2 Å². The zero-order chi connectivity index (χ0) is 29.7. The summed E-state index contributed by atoms with van der Waals surface area (Å²) < 4.78 is 7.09. The fourth-order valence-electron chi connectivity index (χ4n) is 6.71. The maximum Gasteiger partial charge on any atom is 0.271 e. The minimum absolute atomic E-state index is 0.0398. The number of ether oxygens (including phenoxy) is 1. The van der Waals surface area contributed by atoms with Gasteiger partial charge in [0.2, 0.25) is 0 Å². The Balaban J connectivity index is 1.11. The van der Waals surface area contributed by atoms with Crippen molar-refractivity contribution in [2.75, 3.05) is 31.2 Å². The third kappa shape index (κ3) is 5.22. The summed E-state index contributed by atoms with van der Waals surface area (Å²) in [5.74, 6) is 0.199. The van der Waals surface area contributed by atoms with Crippen molar-refractivity contribution in [3.63, 3.8) is 0 Å². The van der Waals surface area contributed by atoms with Crippen LogP contribution in [0.2, 0.25) is 5.02 Å². The number of amides is 1. The van der Waals surface area contributed by atoms with Crippen LogP contribution in [0.25, 0.3) is 10.9 Å². The molecule has 43 heavy (non-hydrogen) atoms. The molecular formula is C30H32ClN7O3S2. The molecule has 1 spiro atoms. The van der Waals surface area contributed by atoms with Gasteiger partial charge in [-0.15, -0.1) is 11.3 Å². The second-order valence-corrected chi connectivity index (χ2v) is 14.1. The summed E-state index contributed by atoms with van der Waals surface area (Å²) in [5.41, 5.74) is 14.4. The Morgan fingerprint density at radius 1 is 1.19 bits per heavy atom. The highest BCUT2D eigenvalue weighted by atomic mass is 35.5. The number of thiophene rings is 1. The van der Waals surface area contributed by atoms with Crippen LogP contribution in [0.5, 0.6) is 0 Å². The predicted molar refractivity (Wildman–Crippen MR) is 168 cm³/mol. The zero-order valence-corrected chi connectivity index (χ0v) is 25.9. The van der Waals surface area contributed by atoms with Crippen LogP contribution in [0.4, 0.5) is 5.82 Å². The first-order valence-corrected chi connectivity index (χ1v) is 16.6. The van der Waals surface area contributed by atoms with Crippen LogP contribution >= 0.6 is 34.7 Å². The largest absolute Gasteiger partial charge is 0.381 e. The normalized spacial score (nSPS) is 20.1. The lowest BCUT2D eigenvalue weighted by Gasteiger charge is -2.42. The molecule has 2 aliphatic heterocycles. The molecule has 1 aliphatic carbocycles. The Bertz CT molecular complexity index is 1760. The maximum atomic E-state index is 13.4. The summed E-state index contributed by atoms with van der Waals surface area (Å²) in [6, 6.07) is 5.81. The number of aromatic nitrogens is 4. The topological polar surface area (TPSA) is 142 Å². The van der Waals surface area contributed by atoms with Gasteiger partial charge in [0, 0.05) is 48.7 Å². The SMILES string of the molecule is NC(=O)c1nc(Sc2ccc3ncn(CC4CCOCC4)c(=O)c3c2Cl)cnc1N1CCC2(CC1)Cc1ccsc1[C@H]2N. The zero-order valence-electron chi connectivity index (χ0n) is 23.5. The van der Waals surface area contributed by atoms with Gasteiger partial charge in [-0.1, -0.05) is 23.4 Å². The smallest absolute Gasteiger partial charge is 0.271 e. The average Bonchev–Trinajstić information content (AvgIpc) is 3.57. The molecule has 1 aromatic carbocycles. The van der Waals surface area contributed by atoms with Crippen molar-refractivity contribution in [1.82, 2.24) is 19.5 Å². The number of fused-ring (bicyclic) bond motifs is 2. The quantitative estimate of drug-likeness (QED) is 0.314. The Morgan fingerprint density at radius 2 is 1.98 bits per heavy atom. The Labute approximate surface area is 261 Å². The highest BCUT2D eigenvalue weighted by Crippen LogP contribution is 2.52. The number of nitrogens with zero attached hydrogens (tertiary/aromatic N) is 5. The van der Waals surface area contributed by atoms with Crippen molar-refractivity contribution < 1.29 is 9.53 Å². The molecule has 2 fully saturated rings. The molecule has 0 radical (unpaired) electrons. The molecule has 3 aliphatic rings. The molecule has 7 rings (SSSR count). The molecule has 10 nitrogen and oxygen atoms in total. The number of rotatable bonds is 6. The number of hydrogen-bond donors (Lipinski definition) is 2. The standard InChI is InChI=1S/C30H32ClN7O3S2/c31-23-20(2-1-19-22(23)29(40)38(16-35-19)15-17-3-10-41-11-4-17)43-21-14-34-28(24(36-21)27(33)39)37-8-6-30(7-9-37)13-18-5-12-42-25(18)26(30)32/h1-2,5,12,14,16-17,26H,3-4,6-11,13,15,32H2,(H2,33,39)/t26-/m1/s1. The van der Waals surface area contributed by atoms with Crippen molar-refractivity contribution in [1.29, 1.82) is 0 Å². The summed E-state index contributed by atoms with van der Waals surface area (Å²) in [7, 11) is 0. The van der Waals surface area contributed by atoms with Crippen LogP contribution < -0.4 is 21.9 Å². The van der Waals surface area contributed by atoms with E-state index in [0.29, 0.717) is 70.4 Å². The molecule has 224 valence electrons. The molecule has 2 saturated heterocycles. The minimum atomic E-state index is -0.644. The van der Waals surface area contributed by atoms with Crippen LogP contribution in [0, 0.1) is 11.3 Å². The van der Waals surface area contributed by atoms with E-state index in [4.69, 9.17) is 27.8 Å². The summed E-state index contributed by atoms with van der Waals surface area (Å²) in [4.78, 5) is 43.8. The lowest BCUT2D eigenvalue weighted by atomic mass is 9.73. The van der Waals surface area contributed by atoms with Gasteiger partial charge in [-0.2, -0.15) is 0 Å². The number of carbonyl (C=O) groups is 1. The van der Waals surface area contributed by atoms with Crippen LogP contribution in [-0.2, 0) is 17.7 Å². The number of primary amides is 1. The molecule has 13 heteroatoms. The van der Waals surface area contributed by atoms with Gasteiger partial charge in [-0.05, 0) is 72.6 Å². The van der Waals surface area contributed by atoms with Crippen LogP contribution in [0.1, 0.15) is 52.7 Å². The third-order valence-corrected chi connectivity index (χ3v) is 11.7. The first-order valence-electron chi connectivity index (χ1n) is 14.5. The summed E-state index contributed by atoms with van der Waals surface area (Å²) in [5, 5.41) is 3.24. The van der Waals surface area contributed by atoms with Crippen LogP contribution in [0.15, 0.2) is 50.8 Å². The van der Waals surface area contributed by atoms with Crippen molar-refractivity contribution in [3.05, 3.63) is 67.6 Å². The number of halogens is 1. The van der Waals surface area contributed by atoms with E-state index in [1.807, 2.05) is 0 Å². The van der Waals surface area contributed by atoms with Crippen LogP contribution in [0.3, 0.4) is 0 Å². The number of anilines is 1. The van der Waals surface area contributed by atoms with Crippen LogP contribution in [-0.4, -0.2) is 51.7 Å². The van der Waals surface area contributed by atoms with E-state index in [2.05, 4.69) is 31.3 Å². The van der Waals surface area contributed by atoms with E-state index < -0.39 is 5.91 Å². The minimum Gasteiger partial charge on any atom is -0.381 e. The summed E-state index contributed by atoms with van der Waals surface area (Å²) in [6.07, 6.45) is 7.84. The number of nitrogens with two attached hydrogens (primary N) is 2. The fraction of sp³-hybridized carbons (Fsp3) is 0.433. The second-order valence-electron chi connectivity index (χ2n) is 11.7. The Morgan fingerprint density at radius 3 is 2.72 bits per heavy atom. The Kier molecular flexibility index (Phi) is 7.67. The Hall–Kier alpha value is -3.03. The van der Waals surface area contributed by atoms with Gasteiger partial charge in [0.05, 0.1) is 28.4 Å². The number of benzene rings is 1. The van der Waals surface area contributed by atoms with Crippen molar-refractivity contribution in [2.24, 2.45) is 22.8 Å². The first-order chi connectivity index (χ1) is 20.8. The molecule has 0 bridgehead atoms. The summed E-state index contributed by atoms with van der Waals surface area (Å²) >= 11 is 9.79. The molecule has 4 N–H and O–H groups in total. The van der Waals surface area contributed by atoms with Gasteiger partial charge in [0.1, 0.15) is 5.03 Å². The van der Waals surface area contributed by atoms with E-state index in [9.17, 15) is 9.59 Å². The number of piperidine rings is 1. The van der Waals surface area contributed by atoms with Gasteiger partial charge in [0.15, 0.2) is 11.5 Å². The monoisotopic (exact) mass is 637 g/mol. The highest BCUT2D eigenvalue weighted by molar-refractivity contribution is 7.99. The second kappa shape index (κ2) is 11.5. The van der Waals surface area contributed by atoms with E-state index in [1.165, 1.54) is 22.2 Å². The molecule has 1 amide bonds. The third-order valence-electron chi connectivity index (χ3n) is 9.19. The highest BCUT2D eigenvalue weighted by Gasteiger charge is 2.47. The molecular weight excluding hydrogens is 606 g/mol. The maximum absolute atomic E-state index is 13.4. The van der Waals surface area contributed by atoms with Gasteiger partial charge < -0.3 is 21.1 Å². The molecule has 5 heterocycles. The predicted octanol–water partition coefficient (Wildman–Crippen LogP) is 4.42. The molecule has 1 atom stereocenters. The van der Waals surface area contributed by atoms with E-state index in [0.717, 1.165) is 32.1 Å². The molecule has 3 aromatic heterocycles. The molecule has 4 aromatic rings. The van der Waals surface area contributed by atoms with E-state index in [-0.39, 0.29) is 22.7 Å². The molecule has 0 unspecified atom stereocenters. The van der Waals surface area contributed by atoms with Crippen molar-refractivity contribution >= 4 is 57.3 Å². The lowest BCUT2D eigenvalue weighted by Crippen LogP contribution is -2.45. The van der Waals surface area contributed by atoms with Crippen molar-refractivity contribution in [2.45, 2.75) is 54.6 Å². The fourth-order valence-corrected chi connectivity index (χ4v) is 8.93. The first kappa shape index (κ1) is 28.7. The lowest BCUT2D eigenvalue weighted by molar-refractivity contribution is 0.0609. The van der Waals surface area contributed by atoms with E-state index >= 15 is 0 Å². The van der Waals surface area contributed by atoms with Gasteiger partial charge in [-0.25, -0.2) is 15.0 Å². The number of carbonyl (C=O) groups excluding carboxylic acids is 1. The summed E-state index contributed by atoms with van der Waals surface area (Å²) in [6.45, 7) is 3.42. The van der Waals surface area contributed by atoms with Gasteiger partial charge >= 0.3 is 0 Å². The van der Waals surface area contributed by atoms with Crippen molar-refractivity contribution in [3.8, 4) is 0 Å².